The maximum Gasteiger partial charge on any atom is 0.0951 e. The van der Waals surface area contributed by atoms with Gasteiger partial charge >= 0.3 is 0 Å². The molecule has 2 aromatic rings. The first-order valence-electron chi connectivity index (χ1n) is 5.66. The van der Waals surface area contributed by atoms with Crippen LogP contribution in [0.5, 0.6) is 0 Å². The van der Waals surface area contributed by atoms with Gasteiger partial charge in [0.05, 0.1) is 29.8 Å². The molecular weight excluding hydrogens is 214 g/mol. The van der Waals surface area contributed by atoms with E-state index in [1.165, 1.54) is 5.56 Å². The molecule has 5 nitrogen and oxygen atoms in total. The van der Waals surface area contributed by atoms with Gasteiger partial charge in [0.2, 0.25) is 0 Å². The minimum atomic E-state index is -0.382. The van der Waals surface area contributed by atoms with Gasteiger partial charge in [0.25, 0.3) is 0 Å². The van der Waals surface area contributed by atoms with Crippen molar-refractivity contribution in [3.63, 3.8) is 0 Å². The lowest BCUT2D eigenvalue weighted by atomic mass is 10.0. The summed E-state index contributed by atoms with van der Waals surface area (Å²) in [6, 6.07) is 0. The van der Waals surface area contributed by atoms with Crippen molar-refractivity contribution >= 4 is 0 Å². The third-order valence-electron chi connectivity index (χ3n) is 2.83. The van der Waals surface area contributed by atoms with Crippen LogP contribution >= 0.6 is 0 Å². The fourth-order valence-electron chi connectivity index (χ4n) is 1.97. The van der Waals surface area contributed by atoms with Gasteiger partial charge in [-0.2, -0.15) is 5.10 Å². The lowest BCUT2D eigenvalue weighted by molar-refractivity contribution is 0.503. The van der Waals surface area contributed by atoms with Crippen molar-refractivity contribution in [1.29, 1.82) is 0 Å². The van der Waals surface area contributed by atoms with Gasteiger partial charge in [0.15, 0.2) is 0 Å². The zero-order valence-corrected chi connectivity index (χ0v) is 10.8. The van der Waals surface area contributed by atoms with Crippen LogP contribution in [0.15, 0.2) is 18.7 Å². The van der Waals surface area contributed by atoms with E-state index in [1.54, 1.807) is 0 Å². The van der Waals surface area contributed by atoms with Gasteiger partial charge in [-0.25, -0.2) is 4.98 Å². The third kappa shape index (κ3) is 2.39. The predicted molar refractivity (Wildman–Crippen MR) is 66.5 cm³/mol. The Bertz CT molecular complexity index is 515. The molecule has 0 unspecified atom stereocenters. The molecule has 0 aliphatic carbocycles. The Kier molecular flexibility index (Phi) is 2.79. The summed E-state index contributed by atoms with van der Waals surface area (Å²) in [5.74, 6) is 0. The van der Waals surface area contributed by atoms with E-state index in [9.17, 15) is 0 Å². The van der Waals surface area contributed by atoms with Crippen LogP contribution in [-0.4, -0.2) is 19.3 Å². The van der Waals surface area contributed by atoms with E-state index in [1.807, 2.05) is 51.2 Å². The van der Waals surface area contributed by atoms with Gasteiger partial charge in [0, 0.05) is 25.0 Å². The number of hydrogen-bond donors (Lipinski definition) is 1. The summed E-state index contributed by atoms with van der Waals surface area (Å²) >= 11 is 0. The quantitative estimate of drug-likeness (QED) is 0.865. The van der Waals surface area contributed by atoms with Crippen LogP contribution in [0.1, 0.15) is 30.8 Å². The Morgan fingerprint density at radius 3 is 2.65 bits per heavy atom. The molecule has 0 saturated carbocycles. The van der Waals surface area contributed by atoms with Gasteiger partial charge in [0.1, 0.15) is 0 Å². The number of nitrogens with zero attached hydrogens (tertiary/aromatic N) is 4. The molecule has 0 bridgehead atoms. The van der Waals surface area contributed by atoms with E-state index in [2.05, 4.69) is 14.6 Å². The highest BCUT2D eigenvalue weighted by Crippen LogP contribution is 2.18. The molecule has 2 rings (SSSR count). The topological polar surface area (TPSA) is 61.7 Å². The van der Waals surface area contributed by atoms with Crippen LogP contribution in [0, 0.1) is 6.92 Å². The van der Waals surface area contributed by atoms with Crippen molar-refractivity contribution < 1.29 is 0 Å². The second-order valence-corrected chi connectivity index (χ2v) is 5.04. The van der Waals surface area contributed by atoms with E-state index in [0.29, 0.717) is 0 Å². The summed E-state index contributed by atoms with van der Waals surface area (Å²) in [5.41, 5.74) is 9.00. The number of imidazole rings is 1. The third-order valence-corrected chi connectivity index (χ3v) is 2.83. The van der Waals surface area contributed by atoms with Crippen molar-refractivity contribution in [1.82, 2.24) is 19.3 Å². The van der Waals surface area contributed by atoms with E-state index in [0.717, 1.165) is 17.9 Å². The molecule has 0 fully saturated rings. The molecule has 0 radical (unpaired) electrons. The van der Waals surface area contributed by atoms with E-state index >= 15 is 0 Å². The van der Waals surface area contributed by atoms with Crippen LogP contribution in [0.4, 0.5) is 0 Å². The van der Waals surface area contributed by atoms with Gasteiger partial charge in [-0.15, -0.1) is 0 Å². The summed E-state index contributed by atoms with van der Waals surface area (Å²) in [6.45, 7) is 6.74. The SMILES string of the molecule is Cc1nn(C)cc1Cn1cncc1C(C)(C)N. The van der Waals surface area contributed by atoms with Crippen molar-refractivity contribution in [3.05, 3.63) is 35.7 Å². The molecule has 0 aliphatic heterocycles. The largest absolute Gasteiger partial charge is 0.328 e. The fourth-order valence-corrected chi connectivity index (χ4v) is 1.97. The Hall–Kier alpha value is -1.62. The lowest BCUT2D eigenvalue weighted by Crippen LogP contribution is -2.31. The standard InChI is InChI=1S/C12H19N5/c1-9-10(6-16(4)15-9)7-17-8-14-5-11(17)12(2,3)13/h5-6,8H,7,13H2,1-4H3. The summed E-state index contributed by atoms with van der Waals surface area (Å²) in [6.07, 6.45) is 5.67. The van der Waals surface area contributed by atoms with Crippen molar-refractivity contribution in [3.8, 4) is 0 Å². The van der Waals surface area contributed by atoms with E-state index in [4.69, 9.17) is 5.73 Å². The lowest BCUT2D eigenvalue weighted by Gasteiger charge is -2.20. The molecule has 17 heavy (non-hydrogen) atoms. The van der Waals surface area contributed by atoms with E-state index < -0.39 is 0 Å². The first-order chi connectivity index (χ1) is 7.88. The first-order valence-corrected chi connectivity index (χ1v) is 5.66. The number of rotatable bonds is 3. The van der Waals surface area contributed by atoms with Crippen molar-refractivity contribution in [2.45, 2.75) is 32.9 Å². The number of hydrogen-bond acceptors (Lipinski definition) is 3. The predicted octanol–water partition coefficient (Wildman–Crippen LogP) is 1.17. The zero-order valence-electron chi connectivity index (χ0n) is 10.8. The van der Waals surface area contributed by atoms with E-state index in [-0.39, 0.29) is 5.54 Å². The highest BCUT2D eigenvalue weighted by Gasteiger charge is 2.19. The van der Waals surface area contributed by atoms with Crippen molar-refractivity contribution in [2.75, 3.05) is 0 Å². The Balaban J connectivity index is 2.31. The smallest absolute Gasteiger partial charge is 0.0951 e. The molecule has 2 N–H and O–H groups in total. The maximum absolute atomic E-state index is 6.12. The molecular formula is C12H19N5. The summed E-state index contributed by atoms with van der Waals surface area (Å²) < 4.78 is 3.90. The van der Waals surface area contributed by atoms with Crippen LogP contribution in [0.2, 0.25) is 0 Å². The number of aromatic nitrogens is 4. The fraction of sp³-hybridized carbons (Fsp3) is 0.500. The average Bonchev–Trinajstić information content (AvgIpc) is 2.74. The minimum Gasteiger partial charge on any atom is -0.328 e. The van der Waals surface area contributed by atoms with Gasteiger partial charge in [-0.1, -0.05) is 0 Å². The molecule has 0 saturated heterocycles. The van der Waals surface area contributed by atoms with Gasteiger partial charge in [-0.3, -0.25) is 4.68 Å². The highest BCUT2D eigenvalue weighted by atomic mass is 15.3. The Labute approximate surface area is 101 Å². The van der Waals surface area contributed by atoms with Crippen LogP contribution in [0.3, 0.4) is 0 Å². The Morgan fingerprint density at radius 2 is 2.12 bits per heavy atom. The molecule has 2 heterocycles. The van der Waals surface area contributed by atoms with Gasteiger partial charge < -0.3 is 10.3 Å². The normalized spacial score (nSPS) is 12.1. The molecule has 0 spiro atoms. The summed E-state index contributed by atoms with van der Waals surface area (Å²) in [4.78, 5) is 4.18. The number of aryl methyl sites for hydroxylation is 2. The molecule has 0 aliphatic rings. The summed E-state index contributed by atoms with van der Waals surface area (Å²) in [7, 11) is 1.93. The second kappa shape index (κ2) is 4.00. The van der Waals surface area contributed by atoms with Crippen LogP contribution in [-0.2, 0) is 19.1 Å². The van der Waals surface area contributed by atoms with Crippen LogP contribution in [0.25, 0.3) is 0 Å². The zero-order chi connectivity index (χ0) is 12.6. The molecule has 0 amide bonds. The highest BCUT2D eigenvalue weighted by molar-refractivity contribution is 5.18. The molecule has 5 heteroatoms. The minimum absolute atomic E-state index is 0.382. The molecule has 0 aromatic carbocycles. The maximum atomic E-state index is 6.12. The second-order valence-electron chi connectivity index (χ2n) is 5.04. The molecule has 0 atom stereocenters. The Morgan fingerprint density at radius 1 is 1.41 bits per heavy atom. The van der Waals surface area contributed by atoms with Crippen molar-refractivity contribution in [2.24, 2.45) is 12.8 Å². The molecule has 2 aromatic heterocycles. The average molecular weight is 233 g/mol. The van der Waals surface area contributed by atoms with Gasteiger partial charge in [-0.05, 0) is 20.8 Å². The number of nitrogens with two attached hydrogens (primary N) is 1. The molecule has 92 valence electrons. The monoisotopic (exact) mass is 233 g/mol. The first kappa shape index (κ1) is 11.9. The van der Waals surface area contributed by atoms with Crippen LogP contribution < -0.4 is 5.73 Å². The summed E-state index contributed by atoms with van der Waals surface area (Å²) in [5, 5.41) is 4.34.